The smallest absolute Gasteiger partial charge is 0.232 e. The van der Waals surface area contributed by atoms with Crippen molar-refractivity contribution < 1.29 is 8.42 Å². The molecule has 0 radical (unpaired) electrons. The minimum Gasteiger partial charge on any atom is -0.284 e. The van der Waals surface area contributed by atoms with Crippen molar-refractivity contribution in [1.29, 1.82) is 0 Å². The van der Waals surface area contributed by atoms with Gasteiger partial charge in [-0.05, 0) is 29.5 Å². The number of nitrogens with one attached hydrogen (secondary N) is 1. The van der Waals surface area contributed by atoms with E-state index < -0.39 is 10.0 Å². The summed E-state index contributed by atoms with van der Waals surface area (Å²) in [6.45, 7) is 8.31. The molecule has 1 aromatic carbocycles. The van der Waals surface area contributed by atoms with Gasteiger partial charge in [0.1, 0.15) is 0 Å². The zero-order valence-electron chi connectivity index (χ0n) is 11.7. The highest BCUT2D eigenvalue weighted by Crippen LogP contribution is 2.25. The Balaban J connectivity index is 2.86. The molecule has 0 unspecified atom stereocenters. The van der Waals surface area contributed by atoms with Crippen molar-refractivity contribution in [2.45, 2.75) is 46.0 Å². The van der Waals surface area contributed by atoms with Gasteiger partial charge in [-0.25, -0.2) is 8.42 Å². The summed E-state index contributed by atoms with van der Waals surface area (Å²) in [5.74, 6) is 0.184. The number of sulfonamides is 1. The second-order valence-corrected chi connectivity index (χ2v) is 7.45. The van der Waals surface area contributed by atoms with E-state index in [0.717, 1.165) is 12.0 Å². The Bertz CT molecular complexity index is 487. The second-order valence-electron chi connectivity index (χ2n) is 5.61. The van der Waals surface area contributed by atoms with Crippen molar-refractivity contribution >= 4 is 15.7 Å². The highest BCUT2D eigenvalue weighted by atomic mass is 32.2. The average molecular weight is 269 g/mol. The first-order valence-corrected chi connectivity index (χ1v) is 8.01. The summed E-state index contributed by atoms with van der Waals surface area (Å²) in [4.78, 5) is 0. The standard InChI is InChI=1S/C14H23NO2S/c1-5-6-10-18(16,17)15-13-9-7-8-12(11-13)14(2,3)4/h7-9,11,15H,5-6,10H2,1-4H3. The van der Waals surface area contributed by atoms with Crippen LogP contribution in [0.25, 0.3) is 0 Å². The fraction of sp³-hybridized carbons (Fsp3) is 0.571. The molecule has 102 valence electrons. The average Bonchev–Trinajstić information content (AvgIpc) is 2.25. The summed E-state index contributed by atoms with van der Waals surface area (Å²) in [5, 5.41) is 0. The van der Waals surface area contributed by atoms with Gasteiger partial charge in [0.25, 0.3) is 0 Å². The lowest BCUT2D eigenvalue weighted by atomic mass is 9.87. The molecule has 1 N–H and O–H groups in total. The van der Waals surface area contributed by atoms with Gasteiger partial charge in [-0.1, -0.05) is 46.2 Å². The van der Waals surface area contributed by atoms with Crippen molar-refractivity contribution in [1.82, 2.24) is 0 Å². The van der Waals surface area contributed by atoms with Gasteiger partial charge in [0.2, 0.25) is 10.0 Å². The van der Waals surface area contributed by atoms with E-state index in [2.05, 4.69) is 25.5 Å². The van der Waals surface area contributed by atoms with Gasteiger partial charge in [-0.3, -0.25) is 4.72 Å². The maximum atomic E-state index is 11.8. The van der Waals surface area contributed by atoms with Crippen LogP contribution in [-0.4, -0.2) is 14.2 Å². The third kappa shape index (κ3) is 4.69. The van der Waals surface area contributed by atoms with Crippen LogP contribution in [0.4, 0.5) is 5.69 Å². The summed E-state index contributed by atoms with van der Waals surface area (Å²) in [5.41, 5.74) is 1.79. The van der Waals surface area contributed by atoms with E-state index in [-0.39, 0.29) is 11.2 Å². The van der Waals surface area contributed by atoms with Crippen LogP contribution in [0.3, 0.4) is 0 Å². The topological polar surface area (TPSA) is 46.2 Å². The van der Waals surface area contributed by atoms with Crippen LogP contribution >= 0.6 is 0 Å². The van der Waals surface area contributed by atoms with Crippen LogP contribution in [0.5, 0.6) is 0 Å². The van der Waals surface area contributed by atoms with E-state index in [4.69, 9.17) is 0 Å². The molecule has 0 spiro atoms. The summed E-state index contributed by atoms with van der Waals surface area (Å²) in [7, 11) is -3.21. The summed E-state index contributed by atoms with van der Waals surface area (Å²) < 4.78 is 26.3. The molecule has 0 aliphatic rings. The zero-order chi connectivity index (χ0) is 13.8. The van der Waals surface area contributed by atoms with Crippen molar-refractivity contribution in [3.63, 3.8) is 0 Å². The summed E-state index contributed by atoms with van der Waals surface area (Å²) >= 11 is 0. The maximum Gasteiger partial charge on any atom is 0.232 e. The molecule has 0 aromatic heterocycles. The number of anilines is 1. The second kappa shape index (κ2) is 5.74. The van der Waals surface area contributed by atoms with Gasteiger partial charge in [0.05, 0.1) is 5.75 Å². The lowest BCUT2D eigenvalue weighted by molar-refractivity contribution is 0.589. The van der Waals surface area contributed by atoms with Crippen molar-refractivity contribution in [3.8, 4) is 0 Å². The number of rotatable bonds is 5. The molecule has 0 saturated carbocycles. The molecule has 0 atom stereocenters. The van der Waals surface area contributed by atoms with Crippen molar-refractivity contribution in [2.24, 2.45) is 0 Å². The molecular formula is C14H23NO2S. The Morgan fingerprint density at radius 3 is 2.44 bits per heavy atom. The highest BCUT2D eigenvalue weighted by Gasteiger charge is 2.15. The first-order valence-electron chi connectivity index (χ1n) is 6.35. The third-order valence-corrected chi connectivity index (χ3v) is 4.14. The number of benzene rings is 1. The minimum atomic E-state index is -3.21. The molecule has 3 nitrogen and oxygen atoms in total. The molecule has 0 aliphatic carbocycles. The molecule has 0 amide bonds. The third-order valence-electron chi connectivity index (χ3n) is 2.77. The molecule has 0 heterocycles. The Kier molecular flexibility index (Phi) is 4.79. The Hall–Kier alpha value is -1.03. The Morgan fingerprint density at radius 1 is 1.22 bits per heavy atom. The van der Waals surface area contributed by atoms with E-state index >= 15 is 0 Å². The van der Waals surface area contributed by atoms with Crippen LogP contribution in [0, 0.1) is 0 Å². The number of hydrogen-bond acceptors (Lipinski definition) is 2. The van der Waals surface area contributed by atoms with Gasteiger partial charge in [0.15, 0.2) is 0 Å². The Morgan fingerprint density at radius 2 is 1.89 bits per heavy atom. The molecule has 1 rings (SSSR count). The summed E-state index contributed by atoms with van der Waals surface area (Å²) in [6, 6.07) is 7.60. The zero-order valence-corrected chi connectivity index (χ0v) is 12.5. The minimum absolute atomic E-state index is 0.0187. The molecule has 1 aromatic rings. The van der Waals surface area contributed by atoms with E-state index in [0.29, 0.717) is 12.1 Å². The monoisotopic (exact) mass is 269 g/mol. The summed E-state index contributed by atoms with van der Waals surface area (Å²) in [6.07, 6.45) is 1.57. The molecule has 0 bridgehead atoms. The van der Waals surface area contributed by atoms with E-state index in [1.165, 1.54) is 0 Å². The van der Waals surface area contributed by atoms with E-state index in [1.807, 2.05) is 25.1 Å². The lowest BCUT2D eigenvalue weighted by Gasteiger charge is -2.20. The van der Waals surface area contributed by atoms with Gasteiger partial charge in [0, 0.05) is 5.69 Å². The molecule has 18 heavy (non-hydrogen) atoms. The molecule has 0 saturated heterocycles. The van der Waals surface area contributed by atoms with E-state index in [9.17, 15) is 8.42 Å². The van der Waals surface area contributed by atoms with Crippen LogP contribution < -0.4 is 4.72 Å². The van der Waals surface area contributed by atoms with Crippen LogP contribution in [0.1, 0.15) is 46.1 Å². The predicted molar refractivity (Wildman–Crippen MR) is 77.5 cm³/mol. The molecular weight excluding hydrogens is 246 g/mol. The Labute approximate surface area is 111 Å². The van der Waals surface area contributed by atoms with E-state index in [1.54, 1.807) is 6.07 Å². The molecule has 0 aliphatic heterocycles. The fourth-order valence-corrected chi connectivity index (χ4v) is 2.87. The first-order chi connectivity index (χ1) is 8.24. The number of unbranched alkanes of at least 4 members (excludes halogenated alkanes) is 1. The van der Waals surface area contributed by atoms with Crippen LogP contribution in [-0.2, 0) is 15.4 Å². The van der Waals surface area contributed by atoms with Gasteiger partial charge in [-0.2, -0.15) is 0 Å². The quantitative estimate of drug-likeness (QED) is 0.889. The maximum absolute atomic E-state index is 11.8. The van der Waals surface area contributed by atoms with Crippen LogP contribution in [0.2, 0.25) is 0 Å². The largest absolute Gasteiger partial charge is 0.284 e. The van der Waals surface area contributed by atoms with Gasteiger partial charge < -0.3 is 0 Å². The van der Waals surface area contributed by atoms with Crippen molar-refractivity contribution in [3.05, 3.63) is 29.8 Å². The normalized spacial score (nSPS) is 12.4. The van der Waals surface area contributed by atoms with Gasteiger partial charge >= 0.3 is 0 Å². The van der Waals surface area contributed by atoms with Crippen LogP contribution in [0.15, 0.2) is 24.3 Å². The molecule has 0 fully saturated rings. The lowest BCUT2D eigenvalue weighted by Crippen LogP contribution is -2.17. The molecule has 4 heteroatoms. The van der Waals surface area contributed by atoms with Gasteiger partial charge in [-0.15, -0.1) is 0 Å². The SMILES string of the molecule is CCCCS(=O)(=O)Nc1cccc(C(C)(C)C)c1. The fourth-order valence-electron chi connectivity index (χ4n) is 1.61. The van der Waals surface area contributed by atoms with Crippen molar-refractivity contribution in [2.75, 3.05) is 10.5 Å². The predicted octanol–water partition coefficient (Wildman–Crippen LogP) is 3.53. The first kappa shape index (κ1) is 15.0. The highest BCUT2D eigenvalue weighted by molar-refractivity contribution is 7.92. The number of hydrogen-bond donors (Lipinski definition) is 1.